The van der Waals surface area contributed by atoms with Crippen LogP contribution in [-0.4, -0.2) is 56.6 Å². The number of carbonyl (C=O) groups is 1. The van der Waals surface area contributed by atoms with E-state index in [4.69, 9.17) is 9.84 Å². The normalized spacial score (nSPS) is 26.1. The van der Waals surface area contributed by atoms with Crippen LogP contribution in [0.3, 0.4) is 0 Å². The zero-order valence-corrected chi connectivity index (χ0v) is 11.4. The van der Waals surface area contributed by atoms with Crippen LogP contribution in [0, 0.1) is 5.92 Å². The molecule has 8 heteroatoms. The second-order valence-corrected chi connectivity index (χ2v) is 6.11. The van der Waals surface area contributed by atoms with Gasteiger partial charge in [-0.25, -0.2) is 0 Å². The lowest BCUT2D eigenvalue weighted by molar-refractivity contribution is -0.144. The number of hydrogen-bond acceptors (Lipinski definition) is 4. The van der Waals surface area contributed by atoms with Crippen LogP contribution in [0.5, 0.6) is 0 Å². The van der Waals surface area contributed by atoms with E-state index in [-0.39, 0.29) is 25.6 Å². The molecule has 0 radical (unpaired) electrons. The summed E-state index contributed by atoms with van der Waals surface area (Å²) in [7, 11) is -2.29. The van der Waals surface area contributed by atoms with E-state index >= 15 is 0 Å². The standard InChI is InChI=1S/C10H20N2O5S/c1-8-4-3-6-12(9(8)10(13)14)18(15,16)11-5-7-17-2/h8-9,11H,3-7H2,1-2H3,(H,13,14). The molecule has 1 aliphatic heterocycles. The Labute approximate surface area is 107 Å². The largest absolute Gasteiger partial charge is 0.480 e. The lowest BCUT2D eigenvalue weighted by Crippen LogP contribution is -2.55. The van der Waals surface area contributed by atoms with E-state index in [9.17, 15) is 13.2 Å². The SMILES string of the molecule is COCCNS(=O)(=O)N1CCCC(C)C1C(=O)O. The minimum absolute atomic E-state index is 0.135. The first-order valence-corrected chi connectivity index (χ1v) is 7.32. The highest BCUT2D eigenvalue weighted by Gasteiger charge is 2.40. The van der Waals surface area contributed by atoms with E-state index in [0.29, 0.717) is 6.42 Å². The van der Waals surface area contributed by atoms with E-state index in [2.05, 4.69) is 4.72 Å². The summed E-state index contributed by atoms with van der Waals surface area (Å²) in [4.78, 5) is 11.2. The van der Waals surface area contributed by atoms with Gasteiger partial charge in [0.1, 0.15) is 6.04 Å². The zero-order valence-electron chi connectivity index (χ0n) is 10.6. The molecular formula is C10H20N2O5S. The molecule has 2 N–H and O–H groups in total. The molecule has 1 fully saturated rings. The van der Waals surface area contributed by atoms with Crippen molar-refractivity contribution in [3.63, 3.8) is 0 Å². The van der Waals surface area contributed by atoms with Gasteiger partial charge in [-0.15, -0.1) is 0 Å². The van der Waals surface area contributed by atoms with Gasteiger partial charge in [0.25, 0.3) is 10.2 Å². The predicted octanol–water partition coefficient (Wildman–Crippen LogP) is -0.348. The third-order valence-corrected chi connectivity index (χ3v) is 4.64. The Morgan fingerprint density at radius 3 is 2.78 bits per heavy atom. The van der Waals surface area contributed by atoms with Gasteiger partial charge < -0.3 is 9.84 Å². The van der Waals surface area contributed by atoms with Crippen LogP contribution in [0.2, 0.25) is 0 Å². The summed E-state index contributed by atoms with van der Waals surface area (Å²) in [5.41, 5.74) is 0. The summed E-state index contributed by atoms with van der Waals surface area (Å²) in [5.74, 6) is -1.28. The fraction of sp³-hybridized carbons (Fsp3) is 0.900. The Balaban J connectivity index is 2.80. The molecule has 0 bridgehead atoms. The smallest absolute Gasteiger partial charge is 0.322 e. The lowest BCUT2D eigenvalue weighted by Gasteiger charge is -2.36. The maximum Gasteiger partial charge on any atom is 0.322 e. The number of ether oxygens (including phenoxy) is 1. The fourth-order valence-electron chi connectivity index (χ4n) is 2.14. The average Bonchev–Trinajstić information content (AvgIpc) is 2.28. The van der Waals surface area contributed by atoms with Crippen molar-refractivity contribution in [2.24, 2.45) is 5.92 Å². The van der Waals surface area contributed by atoms with E-state index < -0.39 is 22.2 Å². The first kappa shape index (κ1) is 15.4. The summed E-state index contributed by atoms with van der Waals surface area (Å²) in [6.45, 7) is 2.38. The number of nitrogens with zero attached hydrogens (tertiary/aromatic N) is 1. The Hall–Kier alpha value is -0.700. The number of methoxy groups -OCH3 is 1. The topological polar surface area (TPSA) is 95.9 Å². The molecule has 18 heavy (non-hydrogen) atoms. The monoisotopic (exact) mass is 280 g/mol. The maximum atomic E-state index is 12.0. The van der Waals surface area contributed by atoms with Crippen LogP contribution in [0.25, 0.3) is 0 Å². The van der Waals surface area contributed by atoms with E-state index in [1.807, 2.05) is 0 Å². The molecule has 1 heterocycles. The van der Waals surface area contributed by atoms with E-state index in [1.165, 1.54) is 7.11 Å². The molecule has 1 saturated heterocycles. The Morgan fingerprint density at radius 2 is 2.22 bits per heavy atom. The Kier molecular flexibility index (Phi) is 5.51. The van der Waals surface area contributed by atoms with Crippen LogP contribution in [0.15, 0.2) is 0 Å². The lowest BCUT2D eigenvalue weighted by atomic mass is 9.93. The molecule has 1 aliphatic rings. The van der Waals surface area contributed by atoms with Crippen molar-refractivity contribution in [1.29, 1.82) is 0 Å². The van der Waals surface area contributed by atoms with Gasteiger partial charge in [-0.05, 0) is 18.8 Å². The molecule has 0 aliphatic carbocycles. The quantitative estimate of drug-likeness (QED) is 0.648. The van der Waals surface area contributed by atoms with Gasteiger partial charge >= 0.3 is 5.97 Å². The first-order chi connectivity index (χ1) is 8.40. The minimum atomic E-state index is -3.76. The van der Waals surface area contributed by atoms with Crippen molar-refractivity contribution in [3.8, 4) is 0 Å². The van der Waals surface area contributed by atoms with E-state index in [0.717, 1.165) is 10.7 Å². The second kappa shape index (κ2) is 6.46. The molecule has 0 aromatic rings. The van der Waals surface area contributed by atoms with Gasteiger partial charge in [-0.3, -0.25) is 4.79 Å². The first-order valence-electron chi connectivity index (χ1n) is 5.88. The molecule has 0 saturated carbocycles. The van der Waals surface area contributed by atoms with Crippen LogP contribution >= 0.6 is 0 Å². The summed E-state index contributed by atoms with van der Waals surface area (Å²) in [6.07, 6.45) is 1.40. The van der Waals surface area contributed by atoms with Gasteiger partial charge in [0, 0.05) is 20.2 Å². The molecule has 1 rings (SSSR count). The molecule has 106 valence electrons. The van der Waals surface area contributed by atoms with Gasteiger partial charge in [0.05, 0.1) is 6.61 Å². The van der Waals surface area contributed by atoms with Gasteiger partial charge in [-0.1, -0.05) is 6.92 Å². The average molecular weight is 280 g/mol. The second-order valence-electron chi connectivity index (χ2n) is 4.41. The van der Waals surface area contributed by atoms with Gasteiger partial charge in [0.2, 0.25) is 0 Å². The zero-order chi connectivity index (χ0) is 13.8. The van der Waals surface area contributed by atoms with Crippen molar-refractivity contribution in [2.45, 2.75) is 25.8 Å². The number of piperidine rings is 1. The summed E-state index contributed by atoms with van der Waals surface area (Å²) >= 11 is 0. The third kappa shape index (κ3) is 3.64. The Bertz CT molecular complexity index is 384. The fourth-order valence-corrected chi connectivity index (χ4v) is 3.62. The van der Waals surface area contributed by atoms with Gasteiger partial charge in [-0.2, -0.15) is 17.4 Å². The number of nitrogens with one attached hydrogen (secondary N) is 1. The van der Waals surface area contributed by atoms with E-state index in [1.54, 1.807) is 6.92 Å². The number of hydrogen-bond donors (Lipinski definition) is 2. The van der Waals surface area contributed by atoms with Crippen molar-refractivity contribution in [1.82, 2.24) is 9.03 Å². The Morgan fingerprint density at radius 1 is 1.56 bits per heavy atom. The highest BCUT2D eigenvalue weighted by Crippen LogP contribution is 2.25. The highest BCUT2D eigenvalue weighted by atomic mass is 32.2. The number of carboxylic acid groups (broad SMARTS) is 1. The molecule has 2 atom stereocenters. The summed E-state index contributed by atoms with van der Waals surface area (Å²) < 4.78 is 32.2. The van der Waals surface area contributed by atoms with Crippen molar-refractivity contribution >= 4 is 16.2 Å². The van der Waals surface area contributed by atoms with Crippen molar-refractivity contribution in [3.05, 3.63) is 0 Å². The summed E-state index contributed by atoms with van der Waals surface area (Å²) in [6, 6.07) is -0.987. The molecule has 2 unspecified atom stereocenters. The van der Waals surface area contributed by atoms with Crippen LogP contribution in [0.1, 0.15) is 19.8 Å². The highest BCUT2D eigenvalue weighted by molar-refractivity contribution is 7.87. The molecular weight excluding hydrogens is 260 g/mol. The molecule has 0 aromatic carbocycles. The number of carboxylic acids is 1. The predicted molar refractivity (Wildman–Crippen MR) is 65.3 cm³/mol. The number of rotatable bonds is 6. The molecule has 7 nitrogen and oxygen atoms in total. The number of aliphatic carboxylic acids is 1. The maximum absolute atomic E-state index is 12.0. The molecule has 0 spiro atoms. The van der Waals surface area contributed by atoms with Crippen LogP contribution in [0.4, 0.5) is 0 Å². The van der Waals surface area contributed by atoms with Crippen molar-refractivity contribution < 1.29 is 23.1 Å². The van der Waals surface area contributed by atoms with Crippen LogP contribution in [-0.2, 0) is 19.7 Å². The third-order valence-electron chi connectivity index (χ3n) is 3.04. The van der Waals surface area contributed by atoms with Crippen LogP contribution < -0.4 is 4.72 Å². The van der Waals surface area contributed by atoms with Crippen molar-refractivity contribution in [2.75, 3.05) is 26.8 Å². The molecule has 0 aromatic heterocycles. The van der Waals surface area contributed by atoms with Gasteiger partial charge in [0.15, 0.2) is 0 Å². The summed E-state index contributed by atoms with van der Waals surface area (Å²) in [5, 5.41) is 9.16. The minimum Gasteiger partial charge on any atom is -0.480 e. The molecule has 0 amide bonds.